The number of hydrogen-bond acceptors (Lipinski definition) is 10. The van der Waals surface area contributed by atoms with Gasteiger partial charge in [-0.25, -0.2) is 4.79 Å². The first-order valence-electron chi connectivity index (χ1n) is 10.0. The number of aromatic nitrogens is 2. The molecule has 2 heterocycles. The van der Waals surface area contributed by atoms with Gasteiger partial charge in [-0.15, -0.1) is 0 Å². The molecule has 0 spiro atoms. The van der Waals surface area contributed by atoms with E-state index in [0.29, 0.717) is 5.69 Å². The van der Waals surface area contributed by atoms with Gasteiger partial charge in [-0.3, -0.25) is 19.4 Å². The molecule has 2 atom stereocenters. The molecule has 34 heavy (non-hydrogen) atoms. The summed E-state index contributed by atoms with van der Waals surface area (Å²) >= 11 is 0. The molecule has 7 N–H and O–H groups in total. The zero-order valence-corrected chi connectivity index (χ0v) is 18.0. The number of carbonyl (C=O) groups excluding carboxylic acids is 2. The number of nitrogens with one attached hydrogen (secondary N) is 1. The third kappa shape index (κ3) is 5.59. The van der Waals surface area contributed by atoms with Crippen LogP contribution in [-0.4, -0.2) is 69.6 Å². The van der Waals surface area contributed by atoms with E-state index in [1.165, 1.54) is 12.1 Å². The van der Waals surface area contributed by atoms with Crippen LogP contribution in [0.25, 0.3) is 0 Å². The number of fused-ring (bicyclic) bond motifs is 1. The van der Waals surface area contributed by atoms with E-state index < -0.39 is 42.3 Å². The third-order valence-corrected chi connectivity index (χ3v) is 4.96. The van der Waals surface area contributed by atoms with Gasteiger partial charge in [-0.1, -0.05) is 0 Å². The number of anilines is 3. The van der Waals surface area contributed by atoms with Crippen LogP contribution in [0.15, 0.2) is 34.3 Å². The normalized spacial score (nSPS) is 15.3. The molecule has 1 aromatic carbocycles. The molecule has 1 unspecified atom stereocenters. The van der Waals surface area contributed by atoms with Crippen molar-refractivity contribution in [1.82, 2.24) is 15.3 Å². The highest BCUT2D eigenvalue weighted by atomic mass is 16.4. The number of rotatable bonds is 9. The number of nitrogens with zero attached hydrogens (tertiary/aromatic N) is 5. The summed E-state index contributed by atoms with van der Waals surface area (Å²) in [7, 11) is 1.71. The van der Waals surface area contributed by atoms with E-state index in [4.69, 9.17) is 16.6 Å². The molecule has 0 saturated carbocycles. The van der Waals surface area contributed by atoms with Crippen molar-refractivity contribution in [3.8, 4) is 0 Å². The Morgan fingerprint density at radius 2 is 1.82 bits per heavy atom. The summed E-state index contributed by atoms with van der Waals surface area (Å²) in [5, 5.41) is 20.4. The maximum absolute atomic E-state index is 12.4. The lowest BCUT2D eigenvalue weighted by Gasteiger charge is -2.23. The first kappa shape index (κ1) is 24.0. The minimum atomic E-state index is -1.33. The number of hydrogen-bond donors (Lipinski definition) is 5. The molecule has 0 fully saturated rings. The van der Waals surface area contributed by atoms with Crippen LogP contribution in [0, 0.1) is 0 Å². The summed E-state index contributed by atoms with van der Waals surface area (Å²) in [5.74, 6) is -3.76. The van der Waals surface area contributed by atoms with Crippen molar-refractivity contribution in [2.24, 2.45) is 9.98 Å². The molecule has 0 saturated heterocycles. The predicted molar refractivity (Wildman–Crippen MR) is 117 cm³/mol. The average Bonchev–Trinajstić information content (AvgIpc) is 2.77. The Morgan fingerprint density at radius 1 is 1.15 bits per heavy atom. The molecular formula is C20H22N8O6. The number of nitrogen functional groups attached to an aromatic ring is 2. The second kappa shape index (κ2) is 9.89. The fraction of sp³-hybridized carbons (Fsp3) is 0.300. The van der Waals surface area contributed by atoms with Gasteiger partial charge >= 0.3 is 11.9 Å². The number of likely N-dealkylation sites (N-methyl/N-ethyl adjacent to an activating group) is 1. The summed E-state index contributed by atoms with van der Waals surface area (Å²) in [6.07, 6.45) is -0.639. The van der Waals surface area contributed by atoms with Crippen LogP contribution in [-0.2, 0) is 14.4 Å². The van der Waals surface area contributed by atoms with E-state index in [9.17, 15) is 24.3 Å². The Hall–Kier alpha value is -4.62. The Kier molecular flexibility index (Phi) is 6.99. The van der Waals surface area contributed by atoms with Crippen LogP contribution in [0.4, 0.5) is 17.5 Å². The monoisotopic (exact) mass is 470 g/mol. The van der Waals surface area contributed by atoms with Crippen LogP contribution in [0.5, 0.6) is 0 Å². The van der Waals surface area contributed by atoms with E-state index in [1.54, 1.807) is 24.1 Å². The van der Waals surface area contributed by atoms with Crippen molar-refractivity contribution in [3.63, 3.8) is 0 Å². The lowest BCUT2D eigenvalue weighted by molar-refractivity contribution is -0.140. The van der Waals surface area contributed by atoms with Crippen LogP contribution >= 0.6 is 0 Å². The van der Waals surface area contributed by atoms with Gasteiger partial charge < -0.3 is 31.9 Å². The first-order chi connectivity index (χ1) is 16.0. The van der Waals surface area contributed by atoms with Crippen molar-refractivity contribution >= 4 is 41.2 Å². The largest absolute Gasteiger partial charge is 0.481 e. The second-order valence-corrected chi connectivity index (χ2v) is 7.46. The van der Waals surface area contributed by atoms with Gasteiger partial charge in [0, 0.05) is 31.3 Å². The van der Waals surface area contributed by atoms with Gasteiger partial charge in [-0.05, 0) is 30.7 Å². The van der Waals surface area contributed by atoms with Crippen LogP contribution < -0.4 is 32.5 Å². The zero-order valence-electron chi connectivity index (χ0n) is 18.0. The van der Waals surface area contributed by atoms with Crippen molar-refractivity contribution in [2.45, 2.75) is 24.9 Å². The smallest absolute Gasteiger partial charge is 0.326 e. The number of carboxylic acids is 2. The molecule has 178 valence electrons. The minimum absolute atomic E-state index is 0.0183. The first-order valence-corrected chi connectivity index (χ1v) is 10.0. The highest BCUT2D eigenvalue weighted by Gasteiger charge is 2.24. The molecule has 2 amide bonds. The van der Waals surface area contributed by atoms with E-state index in [-0.39, 0.29) is 41.1 Å². The number of aliphatic carboxylic acids is 2. The van der Waals surface area contributed by atoms with E-state index in [0.717, 1.165) is 0 Å². The van der Waals surface area contributed by atoms with Gasteiger partial charge in [0.15, 0.2) is 11.3 Å². The average molecular weight is 470 g/mol. The third-order valence-electron chi connectivity index (χ3n) is 4.96. The summed E-state index contributed by atoms with van der Waals surface area (Å²) < 4.78 is 0. The number of nitrogens with two attached hydrogens (primary N) is 2. The molecule has 1 aliphatic heterocycles. The second-order valence-electron chi connectivity index (χ2n) is 7.46. The molecule has 1 aromatic heterocycles. The number of carbonyl (C=O) groups is 4. The Bertz CT molecular complexity index is 1260. The lowest BCUT2D eigenvalue weighted by atomic mass is 10.1. The summed E-state index contributed by atoms with van der Waals surface area (Å²) in [6, 6.07) is 3.98. The molecule has 14 nitrogen and oxygen atoms in total. The van der Waals surface area contributed by atoms with E-state index in [2.05, 4.69) is 25.3 Å². The number of amides is 2. The van der Waals surface area contributed by atoms with Crippen LogP contribution in [0.1, 0.15) is 23.2 Å². The van der Waals surface area contributed by atoms with Crippen LogP contribution in [0.3, 0.4) is 0 Å². The molecule has 2 aromatic rings. The maximum atomic E-state index is 12.4. The molecule has 3 rings (SSSR count). The molecule has 1 aliphatic rings. The summed E-state index contributed by atoms with van der Waals surface area (Å²) in [6.45, 7) is 0.146. The fourth-order valence-electron chi connectivity index (χ4n) is 3.19. The zero-order chi connectivity index (χ0) is 25.0. The van der Waals surface area contributed by atoms with Crippen molar-refractivity contribution in [3.05, 3.63) is 40.7 Å². The predicted octanol–water partition coefficient (Wildman–Crippen LogP) is -2.03. The maximum Gasteiger partial charge on any atom is 0.326 e. The molecular weight excluding hydrogens is 448 g/mol. The molecule has 0 bridgehead atoms. The summed E-state index contributed by atoms with van der Waals surface area (Å²) in [4.78, 5) is 64.3. The SMILES string of the molecule is CN(CC1N=c2c(N)nc(N)nc2=NC1=O)c1ccc(C(=O)N[C@@H](CCC(=O)O)C(=O)O)cc1. The summed E-state index contributed by atoms with van der Waals surface area (Å²) in [5.41, 5.74) is 12.2. The van der Waals surface area contributed by atoms with Gasteiger partial charge in [0.05, 0.1) is 0 Å². The quantitative estimate of drug-likeness (QED) is 0.268. The van der Waals surface area contributed by atoms with Gasteiger partial charge in [-0.2, -0.15) is 15.0 Å². The standard InChI is InChI=1S/C20H22N8O6/c1-28(8-12-18(32)26-16-14(23-12)15(21)25-20(22)27-16)10-4-2-9(3-5-10)17(31)24-11(19(33)34)6-7-13(29)30/h2-5,11-12H,6-8H2,1H3,(H,24,31)(H,29,30)(H,33,34)(H4,21,22,25,26,27,32)/t11-,12?/m0/s1. The minimum Gasteiger partial charge on any atom is -0.481 e. The highest BCUT2D eigenvalue weighted by molar-refractivity contribution is 5.97. The van der Waals surface area contributed by atoms with Crippen molar-refractivity contribution in [2.75, 3.05) is 30.0 Å². The van der Waals surface area contributed by atoms with E-state index in [1.807, 2.05) is 0 Å². The van der Waals surface area contributed by atoms with Gasteiger partial charge in [0.2, 0.25) is 5.95 Å². The van der Waals surface area contributed by atoms with Gasteiger partial charge in [0.25, 0.3) is 11.8 Å². The molecule has 0 radical (unpaired) electrons. The van der Waals surface area contributed by atoms with Crippen molar-refractivity contribution < 1.29 is 29.4 Å². The van der Waals surface area contributed by atoms with Crippen molar-refractivity contribution in [1.29, 1.82) is 0 Å². The Morgan fingerprint density at radius 3 is 2.44 bits per heavy atom. The highest BCUT2D eigenvalue weighted by Crippen LogP contribution is 2.16. The Labute approximate surface area is 192 Å². The lowest BCUT2D eigenvalue weighted by Crippen LogP contribution is -2.45. The van der Waals surface area contributed by atoms with E-state index >= 15 is 0 Å². The van der Waals surface area contributed by atoms with Crippen LogP contribution in [0.2, 0.25) is 0 Å². The number of benzene rings is 1. The van der Waals surface area contributed by atoms with Gasteiger partial charge in [0.1, 0.15) is 17.4 Å². The topological polar surface area (TPSA) is 227 Å². The number of carboxylic acid groups (broad SMARTS) is 2. The molecule has 14 heteroatoms. The fourth-order valence-corrected chi connectivity index (χ4v) is 3.19. The Balaban J connectivity index is 1.69. The molecule has 0 aliphatic carbocycles.